The van der Waals surface area contributed by atoms with Crippen molar-refractivity contribution in [3.8, 4) is 0 Å². The van der Waals surface area contributed by atoms with Crippen LogP contribution in [0.25, 0.3) is 0 Å². The Morgan fingerprint density at radius 3 is 1.53 bits per heavy atom. The summed E-state index contributed by atoms with van der Waals surface area (Å²) >= 11 is 0. The van der Waals surface area contributed by atoms with Gasteiger partial charge in [-0.15, -0.1) is 0 Å². The van der Waals surface area contributed by atoms with Gasteiger partial charge in [-0.25, -0.2) is 0 Å². The smallest absolute Gasteiger partial charge is 0.293 e. The zero-order valence-corrected chi connectivity index (χ0v) is 12.2. The van der Waals surface area contributed by atoms with Crippen LogP contribution in [0.3, 0.4) is 0 Å². The van der Waals surface area contributed by atoms with Gasteiger partial charge in [-0.1, -0.05) is 78.6 Å². The Labute approximate surface area is 108 Å². The number of carbonyl (C=O) groups excluding carboxylic acids is 1. The van der Waals surface area contributed by atoms with E-state index in [0.29, 0.717) is 13.1 Å². The zero-order chi connectivity index (χ0) is 13.2. The predicted octanol–water partition coefficient (Wildman–Crippen LogP) is 5.11. The van der Waals surface area contributed by atoms with Crippen molar-refractivity contribution in [1.82, 2.24) is 0 Å². The molecule has 0 aliphatic carbocycles. The molecule has 2 nitrogen and oxygen atoms in total. The number of hydrogen-bond donors (Lipinski definition) is 0. The average molecular weight is 244 g/mol. The van der Waals surface area contributed by atoms with E-state index < -0.39 is 0 Å². The Kier molecular flexibility index (Phi) is 23.1. The third kappa shape index (κ3) is 25.6. The van der Waals surface area contributed by atoms with E-state index in [1.54, 1.807) is 0 Å². The number of carbonyl (C=O) groups is 1. The molecule has 0 fully saturated rings. The lowest BCUT2D eigenvalue weighted by molar-refractivity contribution is -0.128. The molecule has 0 radical (unpaired) electrons. The summed E-state index contributed by atoms with van der Waals surface area (Å²) in [7, 11) is 0. The largest absolute Gasteiger partial charge is 0.468 e. The van der Waals surface area contributed by atoms with Gasteiger partial charge in [-0.05, 0) is 6.42 Å². The fraction of sp³-hybridized carbons (Fsp3) is 0.933. The van der Waals surface area contributed by atoms with Crippen LogP contribution in [0.2, 0.25) is 0 Å². The van der Waals surface area contributed by atoms with E-state index in [9.17, 15) is 4.79 Å². The fourth-order valence-corrected chi connectivity index (χ4v) is 1.51. The molecule has 0 saturated carbocycles. The molecular formula is C15H32O2. The minimum Gasteiger partial charge on any atom is -0.468 e. The highest BCUT2D eigenvalue weighted by Crippen LogP contribution is 2.01. The van der Waals surface area contributed by atoms with Crippen molar-refractivity contribution in [3.05, 3.63) is 0 Å². The van der Waals surface area contributed by atoms with Crippen LogP contribution >= 0.6 is 0 Å². The van der Waals surface area contributed by atoms with Crippen LogP contribution < -0.4 is 0 Å². The predicted molar refractivity (Wildman–Crippen MR) is 75.2 cm³/mol. The standard InChI is InChI=1S/C8H16O2.C7H16/c1-2-3-4-5-6-7-10-8-9;1-3-5-7-6-4-2/h8H,2-7H2,1H3;3-7H2,1-2H3. The molecule has 0 unspecified atom stereocenters. The Bertz CT molecular complexity index is 120. The van der Waals surface area contributed by atoms with E-state index in [1.165, 1.54) is 57.8 Å². The second-order valence-electron chi connectivity index (χ2n) is 4.44. The first-order valence-corrected chi connectivity index (χ1v) is 7.38. The summed E-state index contributed by atoms with van der Waals surface area (Å²) in [6.07, 6.45) is 13.0. The summed E-state index contributed by atoms with van der Waals surface area (Å²) < 4.78 is 4.53. The molecule has 0 rings (SSSR count). The van der Waals surface area contributed by atoms with Crippen molar-refractivity contribution in [1.29, 1.82) is 0 Å². The SMILES string of the molecule is CCCCCCC.CCCCCCCOC=O. The van der Waals surface area contributed by atoms with Gasteiger partial charge in [-0.2, -0.15) is 0 Å². The zero-order valence-electron chi connectivity index (χ0n) is 12.2. The molecular weight excluding hydrogens is 212 g/mol. The van der Waals surface area contributed by atoms with Crippen molar-refractivity contribution < 1.29 is 9.53 Å². The maximum Gasteiger partial charge on any atom is 0.293 e. The molecule has 0 heterocycles. The topological polar surface area (TPSA) is 26.3 Å². The Hall–Kier alpha value is -0.530. The molecule has 0 aromatic carbocycles. The van der Waals surface area contributed by atoms with Crippen molar-refractivity contribution >= 4 is 6.47 Å². The molecule has 0 saturated heterocycles. The van der Waals surface area contributed by atoms with Crippen LogP contribution in [0.15, 0.2) is 0 Å². The maximum atomic E-state index is 9.67. The first kappa shape index (κ1) is 18.8. The van der Waals surface area contributed by atoms with Crippen molar-refractivity contribution in [2.45, 2.75) is 85.0 Å². The summed E-state index contributed by atoms with van der Waals surface area (Å²) in [4.78, 5) is 9.67. The van der Waals surface area contributed by atoms with Gasteiger partial charge in [-0.3, -0.25) is 4.79 Å². The summed E-state index contributed by atoms with van der Waals surface area (Å²) in [5.74, 6) is 0. The Balaban J connectivity index is 0. The van der Waals surface area contributed by atoms with Crippen LogP contribution in [-0.4, -0.2) is 13.1 Å². The van der Waals surface area contributed by atoms with Crippen molar-refractivity contribution in [2.75, 3.05) is 6.61 Å². The lowest BCUT2D eigenvalue weighted by Crippen LogP contribution is -1.90. The number of rotatable bonds is 11. The van der Waals surface area contributed by atoms with E-state index in [1.807, 2.05) is 0 Å². The first-order chi connectivity index (χ1) is 8.33. The van der Waals surface area contributed by atoms with Crippen LogP contribution in [0.5, 0.6) is 0 Å². The minimum absolute atomic E-state index is 0.514. The van der Waals surface area contributed by atoms with E-state index in [-0.39, 0.29) is 0 Å². The average Bonchev–Trinajstić information content (AvgIpc) is 2.35. The van der Waals surface area contributed by atoms with Crippen LogP contribution in [0.4, 0.5) is 0 Å². The van der Waals surface area contributed by atoms with Gasteiger partial charge in [0.15, 0.2) is 0 Å². The van der Waals surface area contributed by atoms with Crippen LogP contribution in [0.1, 0.15) is 85.0 Å². The lowest BCUT2D eigenvalue weighted by Gasteiger charge is -1.97. The van der Waals surface area contributed by atoms with Crippen LogP contribution in [0, 0.1) is 0 Å². The fourth-order valence-electron chi connectivity index (χ4n) is 1.51. The second kappa shape index (κ2) is 20.8. The molecule has 2 heteroatoms. The molecule has 0 aromatic rings. The highest BCUT2D eigenvalue weighted by Gasteiger charge is 1.87. The molecule has 0 atom stereocenters. The van der Waals surface area contributed by atoms with Gasteiger partial charge in [0, 0.05) is 0 Å². The number of unbranched alkanes of at least 4 members (excludes halogenated alkanes) is 8. The monoisotopic (exact) mass is 244 g/mol. The summed E-state index contributed by atoms with van der Waals surface area (Å²) in [5.41, 5.74) is 0. The second-order valence-corrected chi connectivity index (χ2v) is 4.44. The maximum absolute atomic E-state index is 9.67. The Morgan fingerprint density at radius 1 is 0.706 bits per heavy atom. The molecule has 17 heavy (non-hydrogen) atoms. The van der Waals surface area contributed by atoms with Crippen molar-refractivity contribution in [3.63, 3.8) is 0 Å². The quantitative estimate of drug-likeness (QED) is 0.373. The third-order valence-electron chi connectivity index (χ3n) is 2.64. The summed E-state index contributed by atoms with van der Waals surface area (Å²) in [6, 6.07) is 0. The minimum atomic E-state index is 0.514. The normalized spacial score (nSPS) is 9.35. The highest BCUT2D eigenvalue weighted by atomic mass is 16.5. The van der Waals surface area contributed by atoms with Crippen molar-refractivity contribution in [2.24, 2.45) is 0 Å². The van der Waals surface area contributed by atoms with Crippen LogP contribution in [-0.2, 0) is 9.53 Å². The summed E-state index contributed by atoms with van der Waals surface area (Å²) in [5, 5.41) is 0. The molecule has 0 N–H and O–H groups in total. The first-order valence-electron chi connectivity index (χ1n) is 7.38. The highest BCUT2D eigenvalue weighted by molar-refractivity contribution is 5.36. The molecule has 0 spiro atoms. The van der Waals surface area contributed by atoms with E-state index >= 15 is 0 Å². The van der Waals surface area contributed by atoms with Gasteiger partial charge in [0.25, 0.3) is 6.47 Å². The van der Waals surface area contributed by atoms with E-state index in [4.69, 9.17) is 0 Å². The molecule has 0 aliphatic rings. The number of ether oxygens (including phenoxy) is 1. The molecule has 0 amide bonds. The third-order valence-corrected chi connectivity index (χ3v) is 2.64. The Morgan fingerprint density at radius 2 is 1.12 bits per heavy atom. The molecule has 0 aliphatic heterocycles. The van der Waals surface area contributed by atoms with E-state index in [0.717, 1.165) is 6.42 Å². The van der Waals surface area contributed by atoms with Gasteiger partial charge < -0.3 is 4.74 Å². The van der Waals surface area contributed by atoms with Gasteiger partial charge >= 0.3 is 0 Å². The van der Waals surface area contributed by atoms with E-state index in [2.05, 4.69) is 25.5 Å². The summed E-state index contributed by atoms with van der Waals surface area (Å²) in [6.45, 7) is 7.78. The molecule has 0 aromatic heterocycles. The van der Waals surface area contributed by atoms with Gasteiger partial charge in [0.2, 0.25) is 0 Å². The number of hydrogen-bond acceptors (Lipinski definition) is 2. The van der Waals surface area contributed by atoms with Gasteiger partial charge in [0.05, 0.1) is 6.61 Å². The van der Waals surface area contributed by atoms with Gasteiger partial charge in [0.1, 0.15) is 0 Å². The molecule has 104 valence electrons. The lowest BCUT2D eigenvalue weighted by atomic mass is 10.2. The molecule has 0 bridgehead atoms.